The summed E-state index contributed by atoms with van der Waals surface area (Å²) in [7, 11) is 0. The first-order valence-corrected chi connectivity index (χ1v) is 4.50. The summed E-state index contributed by atoms with van der Waals surface area (Å²) < 4.78 is 0. The van der Waals surface area contributed by atoms with Crippen molar-refractivity contribution in [2.24, 2.45) is 5.73 Å². The highest BCUT2D eigenvalue weighted by atomic mass is 35.5. The largest absolute Gasteiger partial charge is 0.480 e. The highest BCUT2D eigenvalue weighted by Crippen LogP contribution is 2.25. The molecular weight excluding hydrogens is 214 g/mol. The predicted molar refractivity (Wildman–Crippen MR) is 62.3 cm³/mol. The van der Waals surface area contributed by atoms with E-state index >= 15 is 0 Å². The van der Waals surface area contributed by atoms with Crippen LogP contribution in [0.5, 0.6) is 0 Å². The lowest BCUT2D eigenvalue weighted by Crippen LogP contribution is -2.46. The summed E-state index contributed by atoms with van der Waals surface area (Å²) >= 11 is 0. The van der Waals surface area contributed by atoms with Crippen molar-refractivity contribution in [1.82, 2.24) is 0 Å². The van der Waals surface area contributed by atoms with E-state index in [1.165, 1.54) is 0 Å². The summed E-state index contributed by atoms with van der Waals surface area (Å²) in [6, 6.07) is 8.55. The van der Waals surface area contributed by atoms with Crippen molar-refractivity contribution in [1.29, 1.82) is 0 Å². The molecule has 0 saturated carbocycles. The molecule has 0 radical (unpaired) electrons. The molecule has 1 aromatic rings. The van der Waals surface area contributed by atoms with Gasteiger partial charge in [0.1, 0.15) is 6.04 Å². The zero-order valence-corrected chi connectivity index (χ0v) is 9.62. The van der Waals surface area contributed by atoms with Gasteiger partial charge in [-0.25, -0.2) is 0 Å². The summed E-state index contributed by atoms with van der Waals surface area (Å²) in [5.41, 5.74) is 6.02. The number of benzene rings is 1. The lowest BCUT2D eigenvalue weighted by molar-refractivity contribution is -0.140. The Kier molecular flexibility index (Phi) is 4.78. The molecule has 0 aromatic heterocycles. The topological polar surface area (TPSA) is 63.3 Å². The number of hydrogen-bond donors (Lipinski definition) is 2. The van der Waals surface area contributed by atoms with Crippen LogP contribution in [0.2, 0.25) is 0 Å². The van der Waals surface area contributed by atoms with Gasteiger partial charge in [0.25, 0.3) is 0 Å². The number of rotatable bonds is 3. The van der Waals surface area contributed by atoms with Crippen LogP contribution in [0.4, 0.5) is 0 Å². The molecule has 0 saturated heterocycles. The molecule has 1 unspecified atom stereocenters. The number of aliphatic carboxylic acids is 1. The third-order valence-corrected chi connectivity index (χ3v) is 2.56. The van der Waals surface area contributed by atoms with Crippen LogP contribution in [-0.4, -0.2) is 17.1 Å². The molecule has 0 aliphatic rings. The van der Waals surface area contributed by atoms with Crippen LogP contribution in [0.15, 0.2) is 30.3 Å². The van der Waals surface area contributed by atoms with Gasteiger partial charge in [0.2, 0.25) is 0 Å². The lowest BCUT2D eigenvalue weighted by atomic mass is 9.78. The van der Waals surface area contributed by atoms with Gasteiger partial charge in [-0.15, -0.1) is 12.4 Å². The minimum atomic E-state index is -0.973. The van der Waals surface area contributed by atoms with E-state index in [2.05, 4.69) is 0 Å². The Morgan fingerprint density at radius 2 is 1.80 bits per heavy atom. The van der Waals surface area contributed by atoms with Crippen molar-refractivity contribution in [3.05, 3.63) is 35.9 Å². The van der Waals surface area contributed by atoms with E-state index < -0.39 is 17.4 Å². The molecule has 0 aliphatic carbocycles. The molecule has 1 atom stereocenters. The molecule has 4 heteroatoms. The average Bonchev–Trinajstić information content (AvgIpc) is 2.18. The molecule has 1 aromatic carbocycles. The summed E-state index contributed by atoms with van der Waals surface area (Å²) in [4.78, 5) is 10.8. The maximum atomic E-state index is 10.8. The summed E-state index contributed by atoms with van der Waals surface area (Å²) in [5.74, 6) is -0.973. The molecule has 0 spiro atoms. The number of carboxylic acid groups (broad SMARTS) is 1. The van der Waals surface area contributed by atoms with Crippen LogP contribution in [0.1, 0.15) is 19.4 Å². The Balaban J connectivity index is 0.00000196. The van der Waals surface area contributed by atoms with Crippen LogP contribution < -0.4 is 5.73 Å². The second-order valence-electron chi connectivity index (χ2n) is 3.90. The van der Waals surface area contributed by atoms with Gasteiger partial charge in [0.15, 0.2) is 0 Å². The van der Waals surface area contributed by atoms with Gasteiger partial charge in [-0.05, 0) is 5.56 Å². The molecule has 0 bridgehead atoms. The van der Waals surface area contributed by atoms with Crippen LogP contribution in [0.3, 0.4) is 0 Å². The monoisotopic (exact) mass is 229 g/mol. The quantitative estimate of drug-likeness (QED) is 0.831. The van der Waals surface area contributed by atoms with Gasteiger partial charge in [0.05, 0.1) is 0 Å². The van der Waals surface area contributed by atoms with Crippen molar-refractivity contribution in [2.45, 2.75) is 25.3 Å². The zero-order chi connectivity index (χ0) is 10.8. The van der Waals surface area contributed by atoms with Crippen molar-refractivity contribution in [3.8, 4) is 0 Å². The van der Waals surface area contributed by atoms with Gasteiger partial charge in [-0.3, -0.25) is 4.79 Å². The lowest BCUT2D eigenvalue weighted by Gasteiger charge is -2.29. The Hall–Kier alpha value is -1.06. The Bertz CT molecular complexity index is 325. The fourth-order valence-electron chi connectivity index (χ4n) is 1.36. The highest BCUT2D eigenvalue weighted by Gasteiger charge is 2.33. The first-order chi connectivity index (χ1) is 6.46. The fourth-order valence-corrected chi connectivity index (χ4v) is 1.36. The maximum Gasteiger partial charge on any atom is 0.321 e. The maximum absolute atomic E-state index is 10.8. The molecule has 0 amide bonds. The molecule has 3 N–H and O–H groups in total. The van der Waals surface area contributed by atoms with E-state index in [-0.39, 0.29) is 12.4 Å². The standard InChI is InChI=1S/C11H15NO2.ClH/c1-11(2,9(12)10(13)14)8-6-4-3-5-7-8;/h3-7,9H,12H2,1-2H3,(H,13,14);1H. The van der Waals surface area contributed by atoms with Crippen LogP contribution >= 0.6 is 12.4 Å². The molecule has 15 heavy (non-hydrogen) atoms. The first kappa shape index (κ1) is 13.9. The molecular formula is C11H16ClNO2. The molecule has 3 nitrogen and oxygen atoms in total. The van der Waals surface area contributed by atoms with E-state index in [4.69, 9.17) is 10.8 Å². The van der Waals surface area contributed by atoms with E-state index in [0.717, 1.165) is 5.56 Å². The zero-order valence-electron chi connectivity index (χ0n) is 8.81. The second-order valence-corrected chi connectivity index (χ2v) is 3.90. The van der Waals surface area contributed by atoms with Gasteiger partial charge in [-0.2, -0.15) is 0 Å². The number of carboxylic acids is 1. The van der Waals surface area contributed by atoms with Crippen LogP contribution in [-0.2, 0) is 10.2 Å². The van der Waals surface area contributed by atoms with Crippen LogP contribution in [0, 0.1) is 0 Å². The van der Waals surface area contributed by atoms with Crippen molar-refractivity contribution in [2.75, 3.05) is 0 Å². The van der Waals surface area contributed by atoms with Crippen molar-refractivity contribution in [3.63, 3.8) is 0 Å². The third-order valence-electron chi connectivity index (χ3n) is 2.56. The van der Waals surface area contributed by atoms with Crippen LogP contribution in [0.25, 0.3) is 0 Å². The number of halogens is 1. The average molecular weight is 230 g/mol. The van der Waals surface area contributed by atoms with Gasteiger partial charge >= 0.3 is 5.97 Å². The first-order valence-electron chi connectivity index (χ1n) is 4.50. The number of carbonyl (C=O) groups is 1. The molecule has 0 aliphatic heterocycles. The third kappa shape index (κ3) is 2.94. The van der Waals surface area contributed by atoms with E-state index in [9.17, 15) is 4.79 Å². The highest BCUT2D eigenvalue weighted by molar-refractivity contribution is 5.85. The minimum absolute atomic E-state index is 0. The van der Waals surface area contributed by atoms with Gasteiger partial charge < -0.3 is 10.8 Å². The van der Waals surface area contributed by atoms with E-state index in [1.54, 1.807) is 0 Å². The number of hydrogen-bond acceptors (Lipinski definition) is 2. The SMILES string of the molecule is CC(C)(c1ccccc1)C(N)C(=O)O.Cl. The van der Waals surface area contributed by atoms with E-state index in [0.29, 0.717) is 0 Å². The van der Waals surface area contributed by atoms with E-state index in [1.807, 2.05) is 44.2 Å². The Labute approximate surface area is 95.7 Å². The fraction of sp³-hybridized carbons (Fsp3) is 0.364. The Morgan fingerprint density at radius 1 is 1.33 bits per heavy atom. The van der Waals surface area contributed by atoms with Crippen molar-refractivity contribution < 1.29 is 9.90 Å². The van der Waals surface area contributed by atoms with Gasteiger partial charge in [-0.1, -0.05) is 44.2 Å². The molecule has 84 valence electrons. The predicted octanol–water partition coefficient (Wildman–Crippen LogP) is 1.80. The summed E-state index contributed by atoms with van der Waals surface area (Å²) in [6.45, 7) is 3.67. The van der Waals surface area contributed by atoms with Crippen molar-refractivity contribution >= 4 is 18.4 Å². The smallest absolute Gasteiger partial charge is 0.321 e. The molecule has 0 heterocycles. The summed E-state index contributed by atoms with van der Waals surface area (Å²) in [6.07, 6.45) is 0. The molecule has 1 rings (SSSR count). The Morgan fingerprint density at radius 3 is 2.20 bits per heavy atom. The van der Waals surface area contributed by atoms with Gasteiger partial charge in [0, 0.05) is 5.41 Å². The minimum Gasteiger partial charge on any atom is -0.480 e. The summed E-state index contributed by atoms with van der Waals surface area (Å²) in [5, 5.41) is 8.85. The number of nitrogens with two attached hydrogens (primary N) is 1. The molecule has 0 fully saturated rings. The second kappa shape index (κ2) is 5.14. The normalized spacial score (nSPS) is 12.7.